The van der Waals surface area contributed by atoms with Crippen molar-refractivity contribution in [2.45, 2.75) is 44.4 Å². The molecular formula is C16H26N2O2S. The van der Waals surface area contributed by atoms with Crippen molar-refractivity contribution >= 4 is 15.7 Å². The molecule has 4 nitrogen and oxygen atoms in total. The summed E-state index contributed by atoms with van der Waals surface area (Å²) in [5, 5.41) is 3.42. The topological polar surface area (TPSA) is 58.2 Å². The van der Waals surface area contributed by atoms with Crippen LogP contribution in [0.15, 0.2) is 29.2 Å². The Morgan fingerprint density at radius 2 is 1.90 bits per heavy atom. The van der Waals surface area contributed by atoms with Crippen molar-refractivity contribution < 1.29 is 8.42 Å². The molecule has 0 radical (unpaired) electrons. The van der Waals surface area contributed by atoms with E-state index in [9.17, 15) is 8.42 Å². The highest BCUT2D eigenvalue weighted by atomic mass is 32.2. The molecule has 5 heteroatoms. The maximum absolute atomic E-state index is 12.0. The molecule has 2 rings (SSSR count). The van der Waals surface area contributed by atoms with Crippen LogP contribution in [0.5, 0.6) is 0 Å². The molecule has 0 bridgehead atoms. The zero-order chi connectivity index (χ0) is 15.3. The molecule has 1 fully saturated rings. The summed E-state index contributed by atoms with van der Waals surface area (Å²) in [6.07, 6.45) is 4.74. The third-order valence-corrected chi connectivity index (χ3v) is 5.79. The van der Waals surface area contributed by atoms with Crippen molar-refractivity contribution in [1.82, 2.24) is 4.72 Å². The van der Waals surface area contributed by atoms with Gasteiger partial charge in [-0.05, 0) is 48.9 Å². The molecule has 0 amide bonds. The predicted octanol–water partition coefficient (Wildman–Crippen LogP) is 3.22. The van der Waals surface area contributed by atoms with Crippen LogP contribution in [0, 0.1) is 11.8 Å². The van der Waals surface area contributed by atoms with Gasteiger partial charge in [0.2, 0.25) is 10.0 Å². The Kier molecular flexibility index (Phi) is 5.65. The number of anilines is 1. The first-order valence-electron chi connectivity index (χ1n) is 7.86. The van der Waals surface area contributed by atoms with E-state index < -0.39 is 10.0 Å². The van der Waals surface area contributed by atoms with Gasteiger partial charge in [-0.15, -0.1) is 0 Å². The first kappa shape index (κ1) is 16.3. The van der Waals surface area contributed by atoms with Crippen LogP contribution in [0.25, 0.3) is 0 Å². The van der Waals surface area contributed by atoms with Crippen LogP contribution >= 0.6 is 0 Å². The summed E-state index contributed by atoms with van der Waals surface area (Å²) in [7, 11) is -3.36. The zero-order valence-corrected chi connectivity index (χ0v) is 13.7. The lowest BCUT2D eigenvalue weighted by atomic mass is 9.98. The minimum absolute atomic E-state index is 0.329. The second-order valence-corrected chi connectivity index (χ2v) is 7.74. The average Bonchev–Trinajstić information content (AvgIpc) is 2.89. The number of nitrogens with one attached hydrogen (secondary N) is 2. The highest BCUT2D eigenvalue weighted by Gasteiger charge is 2.22. The molecule has 2 N–H and O–H groups in total. The first-order valence-corrected chi connectivity index (χ1v) is 9.35. The van der Waals surface area contributed by atoms with Gasteiger partial charge in [0.1, 0.15) is 0 Å². The van der Waals surface area contributed by atoms with Crippen molar-refractivity contribution in [3.8, 4) is 0 Å². The number of hydrogen-bond acceptors (Lipinski definition) is 3. The van der Waals surface area contributed by atoms with Gasteiger partial charge in [0.25, 0.3) is 0 Å². The van der Waals surface area contributed by atoms with Gasteiger partial charge >= 0.3 is 0 Å². The molecule has 0 heterocycles. The molecule has 118 valence electrons. The maximum atomic E-state index is 12.0. The molecule has 1 saturated carbocycles. The summed E-state index contributed by atoms with van der Waals surface area (Å²) in [5.74, 6) is 1.52. The highest BCUT2D eigenvalue weighted by Crippen LogP contribution is 2.31. The molecule has 1 aromatic carbocycles. The number of benzene rings is 1. The molecule has 2 atom stereocenters. The number of sulfonamides is 1. The lowest BCUT2D eigenvalue weighted by Crippen LogP contribution is -2.24. The molecule has 1 aromatic rings. The molecule has 0 saturated heterocycles. The van der Waals surface area contributed by atoms with Gasteiger partial charge in [0.15, 0.2) is 0 Å². The molecule has 0 spiro atoms. The summed E-state index contributed by atoms with van der Waals surface area (Å²) in [4.78, 5) is 0.329. The van der Waals surface area contributed by atoms with Crippen molar-refractivity contribution in [3.63, 3.8) is 0 Å². The Morgan fingerprint density at radius 1 is 1.19 bits per heavy atom. The summed E-state index contributed by atoms with van der Waals surface area (Å²) in [6, 6.07) is 7.02. The van der Waals surface area contributed by atoms with E-state index in [1.54, 1.807) is 12.1 Å². The zero-order valence-electron chi connectivity index (χ0n) is 12.9. The summed E-state index contributed by atoms with van der Waals surface area (Å²) >= 11 is 0. The van der Waals surface area contributed by atoms with Gasteiger partial charge in [-0.1, -0.05) is 26.7 Å². The molecule has 0 aliphatic heterocycles. The van der Waals surface area contributed by atoms with Gasteiger partial charge in [-0.2, -0.15) is 0 Å². The maximum Gasteiger partial charge on any atom is 0.240 e. The van der Waals surface area contributed by atoms with E-state index in [1.165, 1.54) is 19.3 Å². The quantitative estimate of drug-likeness (QED) is 0.813. The van der Waals surface area contributed by atoms with E-state index >= 15 is 0 Å². The monoisotopic (exact) mass is 310 g/mol. The minimum atomic E-state index is -3.36. The number of hydrogen-bond donors (Lipinski definition) is 2. The van der Waals surface area contributed by atoms with E-state index in [1.807, 2.05) is 19.1 Å². The van der Waals surface area contributed by atoms with E-state index in [2.05, 4.69) is 17.0 Å². The largest absolute Gasteiger partial charge is 0.385 e. The molecule has 1 aliphatic rings. The van der Waals surface area contributed by atoms with Crippen molar-refractivity contribution in [3.05, 3.63) is 24.3 Å². The highest BCUT2D eigenvalue weighted by molar-refractivity contribution is 7.89. The van der Waals surface area contributed by atoms with Gasteiger partial charge in [-0.3, -0.25) is 0 Å². The van der Waals surface area contributed by atoms with E-state index in [0.29, 0.717) is 11.4 Å². The second-order valence-electron chi connectivity index (χ2n) is 5.97. The molecule has 1 aliphatic carbocycles. The molecule has 2 unspecified atom stereocenters. The smallest absolute Gasteiger partial charge is 0.240 e. The fraction of sp³-hybridized carbons (Fsp3) is 0.625. The minimum Gasteiger partial charge on any atom is -0.385 e. The van der Waals surface area contributed by atoms with Crippen molar-refractivity contribution in [2.24, 2.45) is 11.8 Å². The normalized spacial score (nSPS) is 22.4. The summed E-state index contributed by atoms with van der Waals surface area (Å²) in [6.45, 7) is 5.71. The lowest BCUT2D eigenvalue weighted by molar-refractivity contribution is 0.439. The Labute approximate surface area is 128 Å². The van der Waals surface area contributed by atoms with Crippen LogP contribution < -0.4 is 10.0 Å². The third-order valence-electron chi connectivity index (χ3n) is 4.31. The Hall–Kier alpha value is -1.07. The number of rotatable bonds is 7. The average molecular weight is 310 g/mol. The Morgan fingerprint density at radius 3 is 2.48 bits per heavy atom. The van der Waals surface area contributed by atoms with Crippen LogP contribution in [-0.2, 0) is 10.0 Å². The van der Waals surface area contributed by atoms with E-state index in [0.717, 1.165) is 30.5 Å². The Bertz CT molecular complexity index is 540. The molecule has 0 aromatic heterocycles. The fourth-order valence-corrected chi connectivity index (χ4v) is 3.98. The Balaban J connectivity index is 1.92. The van der Waals surface area contributed by atoms with Crippen LogP contribution in [0.3, 0.4) is 0 Å². The third kappa shape index (κ3) is 4.45. The predicted molar refractivity (Wildman–Crippen MR) is 86.9 cm³/mol. The van der Waals surface area contributed by atoms with Crippen LogP contribution in [-0.4, -0.2) is 21.5 Å². The standard InChI is InChI=1S/C16H26N2O2S/c1-3-11-18-21(19,20)16-9-7-15(8-10-16)17-12-14-6-4-5-13(14)2/h7-10,13-14,17-18H,3-6,11-12H2,1-2H3. The van der Waals surface area contributed by atoms with Crippen LogP contribution in [0.1, 0.15) is 39.5 Å². The SMILES string of the molecule is CCCNS(=O)(=O)c1ccc(NCC2CCCC2C)cc1. The van der Waals surface area contributed by atoms with Crippen molar-refractivity contribution in [1.29, 1.82) is 0 Å². The van der Waals surface area contributed by atoms with Gasteiger partial charge < -0.3 is 5.32 Å². The van der Waals surface area contributed by atoms with Gasteiger partial charge in [-0.25, -0.2) is 13.1 Å². The van der Waals surface area contributed by atoms with E-state index in [4.69, 9.17) is 0 Å². The van der Waals surface area contributed by atoms with Gasteiger partial charge in [0, 0.05) is 18.8 Å². The summed E-state index contributed by atoms with van der Waals surface area (Å²) < 4.78 is 26.5. The van der Waals surface area contributed by atoms with Crippen LogP contribution in [0.4, 0.5) is 5.69 Å². The van der Waals surface area contributed by atoms with Crippen LogP contribution in [0.2, 0.25) is 0 Å². The van der Waals surface area contributed by atoms with Gasteiger partial charge in [0.05, 0.1) is 4.90 Å². The first-order chi connectivity index (χ1) is 10.0. The van der Waals surface area contributed by atoms with E-state index in [-0.39, 0.29) is 0 Å². The molecule has 21 heavy (non-hydrogen) atoms. The lowest BCUT2D eigenvalue weighted by Gasteiger charge is -2.17. The summed E-state index contributed by atoms with van der Waals surface area (Å²) in [5.41, 5.74) is 0.989. The second kappa shape index (κ2) is 7.27. The molecular weight excluding hydrogens is 284 g/mol. The fourth-order valence-electron chi connectivity index (χ4n) is 2.85. The van der Waals surface area contributed by atoms with Crippen molar-refractivity contribution in [2.75, 3.05) is 18.4 Å².